The Morgan fingerprint density at radius 3 is 2.21 bits per heavy atom. The lowest BCUT2D eigenvalue weighted by molar-refractivity contribution is -0.0285. The summed E-state index contributed by atoms with van der Waals surface area (Å²) < 4.78 is 72.3. The van der Waals surface area contributed by atoms with Crippen LogP contribution in [0.3, 0.4) is 0 Å². The lowest BCUT2D eigenvalue weighted by atomic mass is 10.2. The Kier molecular flexibility index (Phi) is 9.38. The molecule has 0 atom stereocenters. The maximum atomic E-state index is 15.3. The fourth-order valence-corrected chi connectivity index (χ4v) is 5.96. The first-order chi connectivity index (χ1) is 22.3. The highest BCUT2D eigenvalue weighted by Crippen LogP contribution is 2.42. The second kappa shape index (κ2) is 12.9. The van der Waals surface area contributed by atoms with Crippen LogP contribution >= 0.6 is 11.3 Å². The second-order valence-corrected chi connectivity index (χ2v) is 14.6. The van der Waals surface area contributed by atoms with Gasteiger partial charge in [-0.2, -0.15) is 5.10 Å². The number of alkyl halides is 2. The number of rotatable bonds is 6. The summed E-state index contributed by atoms with van der Waals surface area (Å²) in [5, 5.41) is 9.06. The standard InChI is InChI=1S/C31H37F4N7O5S/c1-29(2,3)46-27(44)39-25-22(38-24(48-25)21-18(32)8-7-9-19(21)33)23(43)37-20-14-36-42(17-10-11-17)26(20)40-12-13-41(16-31(34,35)15-40)28(45)47-30(4,5)6/h7-9,14,17H,10-13,15-16H2,1-6H3,(H,37,43)(H,39,44). The van der Waals surface area contributed by atoms with Crippen molar-refractivity contribution in [1.29, 1.82) is 0 Å². The van der Waals surface area contributed by atoms with Crippen LogP contribution < -0.4 is 15.5 Å². The third-order valence-corrected chi connectivity index (χ3v) is 7.97. The number of nitrogens with zero attached hydrogens (tertiary/aromatic N) is 5. The first-order valence-corrected chi connectivity index (χ1v) is 16.1. The Morgan fingerprint density at radius 1 is 0.958 bits per heavy atom. The molecule has 1 aromatic carbocycles. The SMILES string of the molecule is CC(C)(C)OC(=O)Nc1sc(-c2c(F)cccc2F)nc1C(=O)Nc1cnn(C2CC2)c1N1CCN(C(=O)OC(C)(C)C)CC(F)(F)C1. The van der Waals surface area contributed by atoms with E-state index in [1.807, 2.05) is 0 Å². The van der Waals surface area contributed by atoms with Gasteiger partial charge in [-0.1, -0.05) is 17.4 Å². The van der Waals surface area contributed by atoms with Gasteiger partial charge in [0.15, 0.2) is 11.5 Å². The van der Waals surface area contributed by atoms with Crippen molar-refractivity contribution >= 4 is 45.9 Å². The Balaban J connectivity index is 1.47. The van der Waals surface area contributed by atoms with Crippen LogP contribution in [0.25, 0.3) is 10.6 Å². The number of aromatic nitrogens is 3. The van der Waals surface area contributed by atoms with Gasteiger partial charge in [0.2, 0.25) is 0 Å². The summed E-state index contributed by atoms with van der Waals surface area (Å²) in [4.78, 5) is 45.7. The summed E-state index contributed by atoms with van der Waals surface area (Å²) in [6, 6.07) is 3.14. The molecule has 3 aromatic rings. The molecule has 0 bridgehead atoms. The fraction of sp³-hybridized carbons (Fsp3) is 0.516. The van der Waals surface area contributed by atoms with Gasteiger partial charge in [-0.3, -0.25) is 10.1 Å². The number of amides is 3. The predicted molar refractivity (Wildman–Crippen MR) is 171 cm³/mol. The van der Waals surface area contributed by atoms with Gasteiger partial charge in [0.05, 0.1) is 30.9 Å². The van der Waals surface area contributed by atoms with Crippen molar-refractivity contribution in [3.05, 3.63) is 41.7 Å². The first kappa shape index (κ1) is 34.9. The third kappa shape index (κ3) is 8.35. The molecule has 12 nitrogen and oxygen atoms in total. The van der Waals surface area contributed by atoms with Crippen LogP contribution in [-0.4, -0.2) is 81.1 Å². The van der Waals surface area contributed by atoms with E-state index in [1.54, 1.807) is 46.2 Å². The molecule has 3 amide bonds. The molecule has 3 heterocycles. The largest absolute Gasteiger partial charge is 0.444 e. The zero-order valence-electron chi connectivity index (χ0n) is 27.3. The van der Waals surface area contributed by atoms with Crippen LogP contribution in [-0.2, 0) is 9.47 Å². The van der Waals surface area contributed by atoms with Gasteiger partial charge < -0.3 is 24.6 Å². The number of carbonyl (C=O) groups excluding carboxylic acids is 3. The average Bonchev–Trinajstić information content (AvgIpc) is 3.61. The lowest BCUT2D eigenvalue weighted by Crippen LogP contribution is -2.44. The molecule has 1 saturated heterocycles. The van der Waals surface area contributed by atoms with E-state index in [-0.39, 0.29) is 40.6 Å². The van der Waals surface area contributed by atoms with E-state index in [0.29, 0.717) is 11.3 Å². The van der Waals surface area contributed by atoms with Crippen molar-refractivity contribution in [2.75, 3.05) is 41.7 Å². The Morgan fingerprint density at radius 2 is 1.60 bits per heavy atom. The van der Waals surface area contributed by atoms with Crippen molar-refractivity contribution in [2.24, 2.45) is 0 Å². The molecule has 2 aliphatic rings. The lowest BCUT2D eigenvalue weighted by Gasteiger charge is -2.27. The van der Waals surface area contributed by atoms with Gasteiger partial charge in [0, 0.05) is 13.1 Å². The van der Waals surface area contributed by atoms with Gasteiger partial charge >= 0.3 is 12.2 Å². The van der Waals surface area contributed by atoms with Gasteiger partial charge in [-0.25, -0.2) is 36.8 Å². The molecule has 1 saturated carbocycles. The number of anilines is 3. The molecule has 0 unspecified atom stereocenters. The second-order valence-electron chi connectivity index (χ2n) is 13.6. The van der Waals surface area contributed by atoms with Gasteiger partial charge in [0.1, 0.15) is 38.5 Å². The Bertz CT molecular complexity index is 1690. The topological polar surface area (TPSA) is 131 Å². The van der Waals surface area contributed by atoms with Crippen LogP contribution in [0.15, 0.2) is 24.4 Å². The summed E-state index contributed by atoms with van der Waals surface area (Å²) in [7, 11) is 0. The Labute approximate surface area is 278 Å². The van der Waals surface area contributed by atoms with E-state index in [0.717, 1.165) is 29.9 Å². The van der Waals surface area contributed by atoms with Gasteiger partial charge in [0.25, 0.3) is 11.8 Å². The normalized spacial score (nSPS) is 16.7. The number of carbonyl (C=O) groups is 3. The number of hydrogen-bond acceptors (Lipinski definition) is 9. The van der Waals surface area contributed by atoms with E-state index in [2.05, 4.69) is 20.7 Å². The minimum Gasteiger partial charge on any atom is -0.444 e. The van der Waals surface area contributed by atoms with Crippen molar-refractivity contribution in [3.63, 3.8) is 0 Å². The minimum atomic E-state index is -3.36. The van der Waals surface area contributed by atoms with E-state index in [4.69, 9.17) is 9.47 Å². The Hall–Kier alpha value is -4.41. The quantitative estimate of drug-likeness (QED) is 0.266. The monoisotopic (exact) mass is 695 g/mol. The van der Waals surface area contributed by atoms with Gasteiger partial charge in [-0.15, -0.1) is 0 Å². The summed E-state index contributed by atoms with van der Waals surface area (Å²) in [6.45, 7) is 8.03. The van der Waals surface area contributed by atoms with Crippen molar-refractivity contribution < 1.29 is 41.4 Å². The molecule has 1 aliphatic heterocycles. The number of hydrogen-bond donors (Lipinski definition) is 2. The first-order valence-electron chi connectivity index (χ1n) is 15.2. The highest BCUT2D eigenvalue weighted by atomic mass is 32.1. The molecule has 2 N–H and O–H groups in total. The molecule has 2 fully saturated rings. The third-order valence-electron chi connectivity index (χ3n) is 6.98. The number of halogens is 4. The van der Waals surface area contributed by atoms with Crippen molar-refractivity contribution in [3.8, 4) is 10.6 Å². The molecule has 260 valence electrons. The summed E-state index contributed by atoms with van der Waals surface area (Å²) in [5.74, 6) is -5.95. The van der Waals surface area contributed by atoms with Crippen LogP contribution in [0, 0.1) is 11.6 Å². The molecule has 48 heavy (non-hydrogen) atoms. The molecular formula is C31H37F4N7O5S. The molecule has 2 aromatic heterocycles. The van der Waals surface area contributed by atoms with Crippen molar-refractivity contribution in [2.45, 2.75) is 77.6 Å². The number of benzene rings is 1. The smallest absolute Gasteiger partial charge is 0.412 e. The van der Waals surface area contributed by atoms with Crippen LogP contribution in [0.5, 0.6) is 0 Å². The van der Waals surface area contributed by atoms with Gasteiger partial charge in [-0.05, 0) is 66.5 Å². The van der Waals surface area contributed by atoms with Crippen molar-refractivity contribution in [1.82, 2.24) is 19.7 Å². The van der Waals surface area contributed by atoms with Crippen LogP contribution in [0.4, 0.5) is 43.7 Å². The summed E-state index contributed by atoms with van der Waals surface area (Å²) in [5.41, 5.74) is -2.63. The number of nitrogens with one attached hydrogen (secondary N) is 2. The summed E-state index contributed by atoms with van der Waals surface area (Å²) in [6.07, 6.45) is 0.979. The van der Waals surface area contributed by atoms with E-state index in [1.165, 1.54) is 17.2 Å². The molecule has 0 radical (unpaired) electrons. The molecule has 17 heteroatoms. The predicted octanol–water partition coefficient (Wildman–Crippen LogP) is 6.91. The zero-order valence-corrected chi connectivity index (χ0v) is 28.1. The highest BCUT2D eigenvalue weighted by molar-refractivity contribution is 7.19. The highest BCUT2D eigenvalue weighted by Gasteiger charge is 2.42. The molecular weight excluding hydrogens is 658 g/mol. The van der Waals surface area contributed by atoms with E-state index >= 15 is 8.78 Å². The molecule has 1 aliphatic carbocycles. The number of ether oxygens (including phenoxy) is 2. The maximum Gasteiger partial charge on any atom is 0.412 e. The maximum absolute atomic E-state index is 15.3. The zero-order chi connectivity index (χ0) is 35.2. The molecule has 5 rings (SSSR count). The molecule has 0 spiro atoms. The van der Waals surface area contributed by atoms with Crippen LogP contribution in [0.1, 0.15) is 70.9 Å². The van der Waals surface area contributed by atoms with E-state index in [9.17, 15) is 23.2 Å². The average molecular weight is 696 g/mol. The fourth-order valence-electron chi connectivity index (χ4n) is 4.96. The summed E-state index contributed by atoms with van der Waals surface area (Å²) >= 11 is 0.652. The van der Waals surface area contributed by atoms with E-state index < -0.39 is 71.2 Å². The minimum absolute atomic E-state index is 0.0328. The van der Waals surface area contributed by atoms with Crippen LogP contribution in [0.2, 0.25) is 0 Å². The number of thiazole rings is 1.